The maximum Gasteiger partial charge on any atom is 0.137 e. The fraction of sp³-hybridized carbons (Fsp3) is 0.234. The molecule has 0 aliphatic carbocycles. The van der Waals surface area contributed by atoms with Crippen LogP contribution in [0.15, 0.2) is 194 Å². The van der Waals surface area contributed by atoms with E-state index in [2.05, 4.69) is 272 Å². The van der Waals surface area contributed by atoms with Crippen molar-refractivity contribution in [3.8, 4) is 17.3 Å². The van der Waals surface area contributed by atoms with Gasteiger partial charge in [0.25, 0.3) is 0 Å². The minimum atomic E-state index is -0.383. The van der Waals surface area contributed by atoms with Crippen LogP contribution < -0.4 is 14.5 Å². The summed E-state index contributed by atoms with van der Waals surface area (Å²) in [5, 5.41) is 2.37. The molecule has 0 spiro atoms. The van der Waals surface area contributed by atoms with E-state index in [9.17, 15) is 0 Å². The quantitative estimate of drug-likeness (QED) is 0.137. The first-order valence-electron chi connectivity index (χ1n) is 24.4. The molecule has 0 saturated heterocycles. The van der Waals surface area contributed by atoms with E-state index in [0.717, 1.165) is 45.3 Å². The van der Waals surface area contributed by atoms with Crippen LogP contribution in [0.4, 0.5) is 11.4 Å². The van der Waals surface area contributed by atoms with Crippen molar-refractivity contribution in [2.75, 3.05) is 16.5 Å². The van der Waals surface area contributed by atoms with E-state index in [1.54, 1.807) is 0 Å². The van der Waals surface area contributed by atoms with Gasteiger partial charge in [-0.3, -0.25) is 4.57 Å². The summed E-state index contributed by atoms with van der Waals surface area (Å²) in [6.45, 7) is 23.7. The van der Waals surface area contributed by atoms with E-state index in [1.165, 1.54) is 49.8 Å². The van der Waals surface area contributed by atoms with Crippen LogP contribution in [0.2, 0.25) is 0 Å². The second-order valence-corrected chi connectivity index (χ2v) is 21.9. The van der Waals surface area contributed by atoms with Gasteiger partial charge in [-0.25, -0.2) is 4.98 Å². The predicted molar refractivity (Wildman–Crippen MR) is 290 cm³/mol. The molecule has 1 aliphatic heterocycles. The topological polar surface area (TPSA) is 33.5 Å². The normalized spacial score (nSPS) is 13.6. The van der Waals surface area contributed by atoms with Crippen molar-refractivity contribution in [3.63, 3.8) is 0 Å². The van der Waals surface area contributed by atoms with Gasteiger partial charge in [-0.05, 0) is 98.3 Å². The summed E-state index contributed by atoms with van der Waals surface area (Å²) in [7, 11) is 0. The van der Waals surface area contributed by atoms with Gasteiger partial charge in [0.05, 0.1) is 23.4 Å². The van der Waals surface area contributed by atoms with Gasteiger partial charge in [0.1, 0.15) is 17.3 Å². The Morgan fingerprint density at radius 2 is 1.07 bits per heavy atom. The van der Waals surface area contributed by atoms with Crippen molar-refractivity contribution < 1.29 is 4.74 Å². The zero-order valence-corrected chi connectivity index (χ0v) is 41.9. The Balaban J connectivity index is 1.10. The van der Waals surface area contributed by atoms with Gasteiger partial charge in [-0.15, -0.1) is 0 Å². The highest BCUT2D eigenvalue weighted by atomic mass is 16.5. The second kappa shape index (κ2) is 17.3. The van der Waals surface area contributed by atoms with E-state index in [-0.39, 0.29) is 21.7 Å². The largest absolute Gasteiger partial charge is 0.457 e. The van der Waals surface area contributed by atoms with Crippen LogP contribution in [-0.2, 0) is 21.7 Å². The molecule has 10 rings (SSSR count). The molecule has 7 aromatic carbocycles. The van der Waals surface area contributed by atoms with Gasteiger partial charge in [0.2, 0.25) is 0 Å². The molecular weight excluding hydrogens is 841 g/mol. The molecule has 0 radical (unpaired) electrons. The van der Waals surface area contributed by atoms with E-state index in [4.69, 9.17) is 9.72 Å². The Morgan fingerprint density at radius 1 is 0.464 bits per heavy atom. The lowest BCUT2D eigenvalue weighted by atomic mass is 9.76. The van der Waals surface area contributed by atoms with E-state index in [0.29, 0.717) is 6.67 Å². The fourth-order valence-corrected chi connectivity index (χ4v) is 10.0. The van der Waals surface area contributed by atoms with Crippen LogP contribution in [0.25, 0.3) is 33.3 Å². The predicted octanol–water partition coefficient (Wildman–Crippen LogP) is 16.5. The summed E-state index contributed by atoms with van der Waals surface area (Å²) in [5.41, 5.74) is 13.6. The zero-order chi connectivity index (χ0) is 48.3. The smallest absolute Gasteiger partial charge is 0.137 e. The third-order valence-corrected chi connectivity index (χ3v) is 14.4. The lowest BCUT2D eigenvalue weighted by Gasteiger charge is -2.29. The number of aromatic nitrogens is 2. The van der Waals surface area contributed by atoms with Crippen molar-refractivity contribution in [2.24, 2.45) is 0 Å². The van der Waals surface area contributed by atoms with Gasteiger partial charge in [0, 0.05) is 57.5 Å². The molecule has 3 heterocycles. The van der Waals surface area contributed by atoms with E-state index >= 15 is 0 Å². The second-order valence-electron chi connectivity index (χ2n) is 21.9. The number of hydrogen-bond donors (Lipinski definition) is 0. The maximum absolute atomic E-state index is 7.15. The summed E-state index contributed by atoms with van der Waals surface area (Å²) in [6, 6.07) is 65.6. The fourth-order valence-electron chi connectivity index (χ4n) is 10.0. The minimum absolute atomic E-state index is 0.000448. The van der Waals surface area contributed by atoms with Crippen molar-refractivity contribution in [1.29, 1.82) is 0 Å². The van der Waals surface area contributed by atoms with Crippen molar-refractivity contribution in [2.45, 2.75) is 90.9 Å². The summed E-state index contributed by atoms with van der Waals surface area (Å²) in [5.74, 6) is 2.39. The van der Waals surface area contributed by atoms with Gasteiger partial charge in [-0.1, -0.05) is 191 Å². The Bertz CT molecular complexity index is 3320. The maximum atomic E-state index is 7.15. The Labute approximate surface area is 409 Å². The molecule has 69 heavy (non-hydrogen) atoms. The molecule has 0 amide bonds. The molecule has 0 N–H and O–H groups in total. The van der Waals surface area contributed by atoms with Crippen molar-refractivity contribution >= 4 is 38.9 Å². The zero-order valence-electron chi connectivity index (χ0n) is 41.9. The lowest BCUT2D eigenvalue weighted by Crippen LogP contribution is -2.27. The number of nitrogens with zero attached hydrogens (tertiary/aromatic N) is 4. The molecule has 2 aromatic heterocycles. The van der Waals surface area contributed by atoms with E-state index in [1.807, 2.05) is 6.20 Å². The molecule has 0 saturated carbocycles. The lowest BCUT2D eigenvalue weighted by molar-refractivity contribution is 0.481. The molecule has 1 aliphatic rings. The van der Waals surface area contributed by atoms with Crippen molar-refractivity contribution in [3.05, 3.63) is 233 Å². The number of pyridine rings is 1. The van der Waals surface area contributed by atoms with Gasteiger partial charge in [0.15, 0.2) is 0 Å². The van der Waals surface area contributed by atoms with E-state index < -0.39 is 0 Å². The number of fused-ring (bicyclic) bond motifs is 3. The Kier molecular flexibility index (Phi) is 11.4. The number of para-hydroxylation sites is 1. The summed E-state index contributed by atoms with van der Waals surface area (Å²) < 4.78 is 9.48. The highest BCUT2D eigenvalue weighted by Gasteiger charge is 2.32. The Hall–Kier alpha value is -7.37. The number of ether oxygens (including phenoxy) is 1. The summed E-state index contributed by atoms with van der Waals surface area (Å²) >= 11 is 0. The number of hydrogen-bond acceptors (Lipinski definition) is 4. The standard InChI is InChI=1S/C64H64N4O/c1-61(2,3)48-35-49(62(4,5)6)37-51(36-48)66-42-58(44-23-14-11-15-24-44)67(43-66)50-29-22-30-52(39-50)69-53-40-55(64(9,10)46-27-18-13-19-28-46)60-54-31-20-21-32-56(54)68(57(60)41-53)59-38-47(33-34-65-59)63(7,8)45-25-16-12-17-26-45/h11-42H,43H2,1-10H3. The third-order valence-electron chi connectivity index (χ3n) is 14.4. The first-order chi connectivity index (χ1) is 33.0. The average Bonchev–Trinajstić information content (AvgIpc) is 3.95. The van der Waals surface area contributed by atoms with Crippen LogP contribution in [-0.4, -0.2) is 16.2 Å². The summed E-state index contributed by atoms with van der Waals surface area (Å²) in [6.07, 6.45) is 4.27. The average molecular weight is 905 g/mol. The molecule has 9 aromatic rings. The number of benzene rings is 7. The third kappa shape index (κ3) is 8.60. The molecule has 0 atom stereocenters. The van der Waals surface area contributed by atoms with Crippen molar-refractivity contribution in [1.82, 2.24) is 9.55 Å². The molecule has 0 bridgehead atoms. The molecular formula is C64H64N4O. The monoisotopic (exact) mass is 905 g/mol. The molecule has 346 valence electrons. The van der Waals surface area contributed by atoms with Crippen LogP contribution in [0.1, 0.15) is 108 Å². The number of anilines is 2. The van der Waals surface area contributed by atoms with Gasteiger partial charge < -0.3 is 14.5 Å². The number of rotatable bonds is 10. The highest BCUT2D eigenvalue weighted by molar-refractivity contribution is 6.12. The minimum Gasteiger partial charge on any atom is -0.457 e. The van der Waals surface area contributed by atoms with Crippen LogP contribution in [0.5, 0.6) is 11.5 Å². The summed E-state index contributed by atoms with van der Waals surface area (Å²) in [4.78, 5) is 9.91. The van der Waals surface area contributed by atoms with Gasteiger partial charge >= 0.3 is 0 Å². The van der Waals surface area contributed by atoms with Crippen LogP contribution in [0.3, 0.4) is 0 Å². The van der Waals surface area contributed by atoms with Crippen LogP contribution in [0, 0.1) is 0 Å². The first kappa shape index (κ1) is 45.4. The highest BCUT2D eigenvalue weighted by Crippen LogP contribution is 2.46. The molecule has 5 heteroatoms. The SMILES string of the molecule is CC(C)(C)c1cc(N2C=C(c3ccccc3)N(c3cccc(Oc4cc(C(C)(C)c5ccccc5)c5c6ccccc6n(-c6cc(C(C)(C)c7ccccc7)ccn6)c5c4)c3)C2)cc(C(C)(C)C)c1. The molecule has 5 nitrogen and oxygen atoms in total. The molecule has 0 unspecified atom stereocenters. The molecule has 0 fully saturated rings. The Morgan fingerprint density at radius 3 is 1.72 bits per heavy atom. The van der Waals surface area contributed by atoms with Crippen LogP contribution >= 0.6 is 0 Å². The first-order valence-corrected chi connectivity index (χ1v) is 24.4. The van der Waals surface area contributed by atoms with Gasteiger partial charge in [-0.2, -0.15) is 0 Å².